The second-order valence-corrected chi connectivity index (χ2v) is 7.59. The summed E-state index contributed by atoms with van der Waals surface area (Å²) < 4.78 is 40.1. The third-order valence-electron chi connectivity index (χ3n) is 3.99. The summed E-state index contributed by atoms with van der Waals surface area (Å²) in [5, 5.41) is 7.68. The lowest BCUT2D eigenvalue weighted by Gasteiger charge is -2.09. The van der Waals surface area contributed by atoms with E-state index in [1.165, 1.54) is 0 Å². The summed E-state index contributed by atoms with van der Waals surface area (Å²) in [7, 11) is 0. The minimum absolute atomic E-state index is 0.0235. The summed E-state index contributed by atoms with van der Waals surface area (Å²) in [6.45, 7) is 4.12. The van der Waals surface area contributed by atoms with Gasteiger partial charge < -0.3 is 0 Å². The number of rotatable bonds is 5. The Kier molecular flexibility index (Phi) is 5.48. The highest BCUT2D eigenvalue weighted by Crippen LogP contribution is 2.33. The van der Waals surface area contributed by atoms with Gasteiger partial charge in [0.25, 0.3) is 0 Å². The molecule has 3 rings (SSSR count). The quantitative estimate of drug-likeness (QED) is 0.409. The van der Waals surface area contributed by atoms with E-state index in [4.69, 9.17) is 11.6 Å². The maximum Gasteiger partial charge on any atom is 0.417 e. The van der Waals surface area contributed by atoms with E-state index in [0.29, 0.717) is 11.5 Å². The van der Waals surface area contributed by atoms with Crippen molar-refractivity contribution in [2.24, 2.45) is 0 Å². The molecule has 4 nitrogen and oxygen atoms in total. The molecule has 2 heterocycles. The van der Waals surface area contributed by atoms with Crippen LogP contribution in [0.5, 0.6) is 0 Å². The third-order valence-corrected chi connectivity index (χ3v) is 5.21. The van der Waals surface area contributed by atoms with Crippen LogP contribution in [-0.2, 0) is 6.18 Å². The number of carbonyl (C=O) groups excluding carboxylic acids is 1. The molecule has 0 amide bonds. The highest BCUT2D eigenvalue weighted by molar-refractivity contribution is 7.99. The summed E-state index contributed by atoms with van der Waals surface area (Å²) in [5.41, 5.74) is 0.866. The zero-order valence-electron chi connectivity index (χ0n) is 14.4. The number of nitrogens with zero attached hydrogens (tertiary/aromatic N) is 3. The molecule has 0 aliphatic heterocycles. The fourth-order valence-electron chi connectivity index (χ4n) is 2.45. The second-order valence-electron chi connectivity index (χ2n) is 6.24. The molecule has 0 aliphatic rings. The van der Waals surface area contributed by atoms with Gasteiger partial charge in [-0.15, -0.1) is 10.2 Å². The van der Waals surface area contributed by atoms with Crippen LogP contribution in [0.2, 0.25) is 5.02 Å². The monoisotopic (exact) mass is 413 g/mol. The van der Waals surface area contributed by atoms with Crippen molar-refractivity contribution in [2.45, 2.75) is 31.1 Å². The Morgan fingerprint density at radius 3 is 2.48 bits per heavy atom. The van der Waals surface area contributed by atoms with Crippen LogP contribution in [0.25, 0.3) is 5.65 Å². The van der Waals surface area contributed by atoms with Gasteiger partial charge in [0.15, 0.2) is 16.6 Å². The van der Waals surface area contributed by atoms with Crippen LogP contribution >= 0.6 is 23.4 Å². The molecule has 0 unspecified atom stereocenters. The van der Waals surface area contributed by atoms with Crippen molar-refractivity contribution < 1.29 is 18.0 Å². The van der Waals surface area contributed by atoms with Crippen molar-refractivity contribution in [1.29, 1.82) is 0 Å². The molecule has 27 heavy (non-hydrogen) atoms. The lowest BCUT2D eigenvalue weighted by Crippen LogP contribution is -2.07. The number of carbonyl (C=O) groups is 1. The molecular formula is C18H15ClF3N3OS. The predicted molar refractivity (Wildman–Crippen MR) is 98.6 cm³/mol. The lowest BCUT2D eigenvalue weighted by molar-refractivity contribution is -0.137. The number of halogens is 4. The maximum atomic E-state index is 13.0. The third kappa shape index (κ3) is 4.27. The minimum atomic E-state index is -4.54. The Morgan fingerprint density at radius 1 is 1.22 bits per heavy atom. The molecule has 3 aromatic rings. The van der Waals surface area contributed by atoms with Crippen molar-refractivity contribution in [3.63, 3.8) is 0 Å². The Hall–Kier alpha value is -2.06. The van der Waals surface area contributed by atoms with Crippen LogP contribution in [-0.4, -0.2) is 26.1 Å². The number of thioether (sulfide) groups is 1. The number of Topliss-reactive ketones (excluding diaryl/α,β-unsaturated/α-hetero) is 1. The lowest BCUT2D eigenvalue weighted by atomic mass is 10.0. The summed E-state index contributed by atoms with van der Waals surface area (Å²) in [5.74, 6) is 0.235. The zero-order chi connectivity index (χ0) is 19.8. The van der Waals surface area contributed by atoms with Crippen LogP contribution in [0.4, 0.5) is 13.2 Å². The standard InChI is InChI=1S/C18H15ClF3N3OS/c1-10(2)11-3-5-12(6-4-11)15(26)9-27-17-24-23-16-14(19)7-13(8-25(16)17)18(20,21)22/h3-8,10H,9H2,1-2H3. The van der Waals surface area contributed by atoms with Crippen LogP contribution < -0.4 is 0 Å². The molecule has 0 fully saturated rings. The number of ketones is 1. The number of pyridine rings is 1. The molecule has 0 spiro atoms. The van der Waals surface area contributed by atoms with Crippen LogP contribution in [0.3, 0.4) is 0 Å². The van der Waals surface area contributed by atoms with Crippen molar-refractivity contribution in [3.8, 4) is 0 Å². The van der Waals surface area contributed by atoms with Crippen molar-refractivity contribution >= 4 is 34.8 Å². The van der Waals surface area contributed by atoms with Gasteiger partial charge in [-0.2, -0.15) is 13.2 Å². The second kappa shape index (κ2) is 7.52. The number of aromatic nitrogens is 3. The molecule has 0 atom stereocenters. The SMILES string of the molecule is CC(C)c1ccc(C(=O)CSc2nnc3c(Cl)cc(C(F)(F)F)cn23)cc1. The van der Waals surface area contributed by atoms with Gasteiger partial charge in [0, 0.05) is 11.8 Å². The predicted octanol–water partition coefficient (Wildman–Crippen LogP) is 5.50. The summed E-state index contributed by atoms with van der Waals surface area (Å²) in [6, 6.07) is 8.09. The minimum Gasteiger partial charge on any atom is -0.293 e. The molecule has 0 saturated carbocycles. The average molecular weight is 414 g/mol. The Bertz CT molecular complexity index is 984. The van der Waals surface area contributed by atoms with Gasteiger partial charge in [-0.3, -0.25) is 9.20 Å². The molecule has 0 saturated heterocycles. The van der Waals surface area contributed by atoms with E-state index < -0.39 is 11.7 Å². The molecule has 9 heteroatoms. The van der Waals surface area contributed by atoms with Gasteiger partial charge in [-0.1, -0.05) is 61.5 Å². The molecule has 1 aromatic carbocycles. The van der Waals surface area contributed by atoms with Gasteiger partial charge >= 0.3 is 6.18 Å². The first kappa shape index (κ1) is 19.7. The Morgan fingerprint density at radius 2 is 1.89 bits per heavy atom. The first-order valence-electron chi connectivity index (χ1n) is 8.04. The molecule has 2 aromatic heterocycles. The van der Waals surface area contributed by atoms with Gasteiger partial charge in [-0.05, 0) is 17.5 Å². The smallest absolute Gasteiger partial charge is 0.293 e. The average Bonchev–Trinajstić information content (AvgIpc) is 3.02. The van der Waals surface area contributed by atoms with E-state index in [9.17, 15) is 18.0 Å². The van der Waals surface area contributed by atoms with Gasteiger partial charge in [0.2, 0.25) is 0 Å². The number of benzene rings is 1. The van der Waals surface area contributed by atoms with Gasteiger partial charge in [0.05, 0.1) is 16.3 Å². The largest absolute Gasteiger partial charge is 0.417 e. The van der Waals surface area contributed by atoms with Crippen LogP contribution in [0, 0.1) is 0 Å². The zero-order valence-corrected chi connectivity index (χ0v) is 16.0. The first-order chi connectivity index (χ1) is 12.7. The van der Waals surface area contributed by atoms with Crippen LogP contribution in [0.1, 0.15) is 41.3 Å². The molecule has 0 aliphatic carbocycles. The molecule has 0 bridgehead atoms. The number of alkyl halides is 3. The first-order valence-corrected chi connectivity index (χ1v) is 9.40. The van der Waals surface area contributed by atoms with Crippen molar-refractivity contribution in [2.75, 3.05) is 5.75 Å². The summed E-state index contributed by atoms with van der Waals surface area (Å²) in [6.07, 6.45) is -3.66. The number of hydrogen-bond acceptors (Lipinski definition) is 4. The van der Waals surface area contributed by atoms with E-state index in [1.54, 1.807) is 12.1 Å². The highest BCUT2D eigenvalue weighted by Gasteiger charge is 2.32. The number of hydrogen-bond donors (Lipinski definition) is 0. The van der Waals surface area contributed by atoms with Crippen molar-refractivity contribution in [3.05, 3.63) is 58.2 Å². The van der Waals surface area contributed by atoms with Gasteiger partial charge in [0.1, 0.15) is 0 Å². The van der Waals surface area contributed by atoms with E-state index in [0.717, 1.165) is 34.0 Å². The molecule has 142 valence electrons. The van der Waals surface area contributed by atoms with Crippen molar-refractivity contribution in [1.82, 2.24) is 14.6 Å². The fraction of sp³-hybridized carbons (Fsp3) is 0.278. The van der Waals surface area contributed by atoms with E-state index >= 15 is 0 Å². The fourth-order valence-corrected chi connectivity index (χ4v) is 3.50. The molecule has 0 N–H and O–H groups in total. The topological polar surface area (TPSA) is 47.3 Å². The summed E-state index contributed by atoms with van der Waals surface area (Å²) >= 11 is 6.89. The molecular weight excluding hydrogens is 399 g/mol. The normalized spacial score (nSPS) is 12.1. The highest BCUT2D eigenvalue weighted by atomic mass is 35.5. The summed E-state index contributed by atoms with van der Waals surface area (Å²) in [4.78, 5) is 12.4. The Labute approximate surface area is 162 Å². The van der Waals surface area contributed by atoms with Gasteiger partial charge in [-0.25, -0.2) is 0 Å². The van der Waals surface area contributed by atoms with E-state index in [2.05, 4.69) is 24.0 Å². The Balaban J connectivity index is 1.80. The van der Waals surface area contributed by atoms with E-state index in [-0.39, 0.29) is 27.4 Å². The number of fused-ring (bicyclic) bond motifs is 1. The van der Waals surface area contributed by atoms with E-state index in [1.807, 2.05) is 12.1 Å². The maximum absolute atomic E-state index is 13.0. The van der Waals surface area contributed by atoms with Crippen LogP contribution in [0.15, 0.2) is 41.7 Å². The molecule has 0 radical (unpaired) electrons.